The number of benzene rings is 3. The summed E-state index contributed by atoms with van der Waals surface area (Å²) in [4.78, 5) is 23.2. The van der Waals surface area contributed by atoms with Gasteiger partial charge in [0.25, 0.3) is 0 Å². The minimum atomic E-state index is -0.520. The number of rotatable bonds is 8. The van der Waals surface area contributed by atoms with E-state index in [9.17, 15) is 9.59 Å². The molecule has 0 spiro atoms. The largest absolute Gasteiger partial charge is 0.489 e. The van der Waals surface area contributed by atoms with Crippen LogP contribution in [0.15, 0.2) is 78.9 Å². The van der Waals surface area contributed by atoms with E-state index in [-0.39, 0.29) is 12.4 Å². The van der Waals surface area contributed by atoms with Gasteiger partial charge in [-0.25, -0.2) is 4.79 Å². The van der Waals surface area contributed by atoms with Crippen LogP contribution in [0.5, 0.6) is 17.2 Å². The van der Waals surface area contributed by atoms with Crippen LogP contribution in [0.2, 0.25) is 0 Å². The maximum atomic E-state index is 11.9. The van der Waals surface area contributed by atoms with Crippen LogP contribution in [0.3, 0.4) is 0 Å². The maximum absolute atomic E-state index is 11.9. The highest BCUT2D eigenvalue weighted by molar-refractivity contribution is 5.94. The second-order valence-electron chi connectivity index (χ2n) is 6.09. The summed E-state index contributed by atoms with van der Waals surface area (Å²) in [5, 5.41) is 0. The minimum absolute atomic E-state index is 0.0258. The van der Waals surface area contributed by atoms with E-state index in [1.807, 2.05) is 30.3 Å². The van der Waals surface area contributed by atoms with E-state index in [0.29, 0.717) is 29.4 Å². The Morgan fingerprint density at radius 3 is 1.93 bits per heavy atom. The first-order chi connectivity index (χ1) is 13.6. The quantitative estimate of drug-likeness (QED) is 0.330. The van der Waals surface area contributed by atoms with Crippen molar-refractivity contribution in [3.63, 3.8) is 0 Å². The van der Waals surface area contributed by atoms with E-state index in [2.05, 4.69) is 0 Å². The van der Waals surface area contributed by atoms with Crippen molar-refractivity contribution in [1.29, 1.82) is 0 Å². The number of carbonyl (C=O) groups is 2. The molecule has 28 heavy (non-hydrogen) atoms. The van der Waals surface area contributed by atoms with E-state index in [1.54, 1.807) is 48.5 Å². The lowest BCUT2D eigenvalue weighted by Crippen LogP contribution is -2.17. The summed E-state index contributed by atoms with van der Waals surface area (Å²) in [7, 11) is 0. The number of ether oxygens (including phenoxy) is 3. The van der Waals surface area contributed by atoms with E-state index >= 15 is 0 Å². The number of Topliss-reactive ketones (excluding diaryl/α,β-unsaturated/α-hetero) is 1. The van der Waals surface area contributed by atoms with Crippen molar-refractivity contribution in [2.45, 2.75) is 13.5 Å². The van der Waals surface area contributed by atoms with Crippen LogP contribution in [-0.4, -0.2) is 18.4 Å². The zero-order valence-corrected chi connectivity index (χ0v) is 15.5. The molecule has 3 aromatic carbocycles. The van der Waals surface area contributed by atoms with Crippen LogP contribution < -0.4 is 14.2 Å². The first-order valence-corrected chi connectivity index (χ1v) is 8.81. The second-order valence-corrected chi connectivity index (χ2v) is 6.09. The fraction of sp³-hybridized carbons (Fsp3) is 0.130. The van der Waals surface area contributed by atoms with Crippen molar-refractivity contribution in [1.82, 2.24) is 0 Å². The Bertz CT molecular complexity index is 915. The van der Waals surface area contributed by atoms with Gasteiger partial charge >= 0.3 is 5.97 Å². The molecule has 3 aromatic rings. The first kappa shape index (κ1) is 19.2. The summed E-state index contributed by atoms with van der Waals surface area (Å²) in [6.07, 6.45) is 0. The van der Waals surface area contributed by atoms with Gasteiger partial charge in [-0.15, -0.1) is 0 Å². The molecular formula is C23H20O5. The summed E-state index contributed by atoms with van der Waals surface area (Å²) < 4.78 is 16.3. The monoisotopic (exact) mass is 376 g/mol. The molecule has 0 radical (unpaired) electrons. The summed E-state index contributed by atoms with van der Waals surface area (Å²) in [6.45, 7) is 1.73. The molecule has 0 bridgehead atoms. The number of hydrogen-bond donors (Lipinski definition) is 0. The summed E-state index contributed by atoms with van der Waals surface area (Å²) in [6, 6.07) is 23.3. The molecule has 0 atom stereocenters. The molecule has 0 unspecified atom stereocenters. The van der Waals surface area contributed by atoms with E-state index < -0.39 is 5.97 Å². The van der Waals surface area contributed by atoms with E-state index in [4.69, 9.17) is 14.2 Å². The van der Waals surface area contributed by atoms with Crippen LogP contribution in [0, 0.1) is 0 Å². The van der Waals surface area contributed by atoms with Gasteiger partial charge in [0.15, 0.2) is 12.4 Å². The predicted octanol–water partition coefficient (Wildman–Crippen LogP) is 4.45. The molecule has 5 nitrogen and oxygen atoms in total. The average molecular weight is 376 g/mol. The Kier molecular flexibility index (Phi) is 6.41. The lowest BCUT2D eigenvalue weighted by Gasteiger charge is -2.09. The Balaban J connectivity index is 1.45. The molecule has 0 saturated carbocycles. The third-order valence-electron chi connectivity index (χ3n) is 3.92. The zero-order chi connectivity index (χ0) is 19.8. The number of esters is 1. The standard InChI is InChI=1S/C23H20O5/c1-17(24)19-7-9-20(10-8-19)27-16-23(25)28-22-13-11-21(12-14-22)26-15-18-5-3-2-4-6-18/h2-14H,15-16H2,1H3. The molecule has 0 aromatic heterocycles. The van der Waals surface area contributed by atoms with Crippen LogP contribution >= 0.6 is 0 Å². The maximum Gasteiger partial charge on any atom is 0.349 e. The normalized spacial score (nSPS) is 10.2. The topological polar surface area (TPSA) is 61.8 Å². The van der Waals surface area contributed by atoms with Gasteiger partial charge in [-0.05, 0) is 61.0 Å². The van der Waals surface area contributed by atoms with Crippen LogP contribution in [0.4, 0.5) is 0 Å². The predicted molar refractivity (Wildman–Crippen MR) is 105 cm³/mol. The van der Waals surface area contributed by atoms with Crippen molar-refractivity contribution in [3.05, 3.63) is 90.0 Å². The molecule has 0 aliphatic heterocycles. The van der Waals surface area contributed by atoms with Crippen molar-refractivity contribution in [3.8, 4) is 17.2 Å². The van der Waals surface area contributed by atoms with Crippen molar-refractivity contribution < 1.29 is 23.8 Å². The second kappa shape index (κ2) is 9.37. The lowest BCUT2D eigenvalue weighted by atomic mass is 10.1. The third kappa shape index (κ3) is 5.71. The molecule has 0 heterocycles. The Labute approximate surface area is 163 Å². The molecule has 0 amide bonds. The van der Waals surface area contributed by atoms with Crippen LogP contribution in [0.25, 0.3) is 0 Å². The van der Waals surface area contributed by atoms with E-state index in [1.165, 1.54) is 6.92 Å². The van der Waals surface area contributed by atoms with Gasteiger partial charge in [0.05, 0.1) is 0 Å². The Hall–Kier alpha value is -3.60. The van der Waals surface area contributed by atoms with Crippen LogP contribution in [-0.2, 0) is 11.4 Å². The summed E-state index contributed by atoms with van der Waals surface area (Å²) in [5.74, 6) is 1.04. The van der Waals surface area contributed by atoms with E-state index in [0.717, 1.165) is 5.56 Å². The molecule has 0 fully saturated rings. The highest BCUT2D eigenvalue weighted by Gasteiger charge is 2.07. The Morgan fingerprint density at radius 2 is 1.29 bits per heavy atom. The molecule has 0 N–H and O–H groups in total. The molecule has 142 valence electrons. The van der Waals surface area contributed by atoms with Gasteiger partial charge in [0, 0.05) is 5.56 Å². The average Bonchev–Trinajstić information content (AvgIpc) is 2.73. The SMILES string of the molecule is CC(=O)c1ccc(OCC(=O)Oc2ccc(OCc3ccccc3)cc2)cc1. The van der Waals surface area contributed by atoms with Crippen molar-refractivity contribution >= 4 is 11.8 Å². The lowest BCUT2D eigenvalue weighted by molar-refractivity contribution is -0.136. The smallest absolute Gasteiger partial charge is 0.349 e. The number of hydrogen-bond acceptors (Lipinski definition) is 5. The molecule has 3 rings (SSSR count). The van der Waals surface area contributed by atoms with Crippen molar-refractivity contribution in [2.24, 2.45) is 0 Å². The van der Waals surface area contributed by atoms with Gasteiger partial charge in [0.1, 0.15) is 23.9 Å². The fourth-order valence-corrected chi connectivity index (χ4v) is 2.43. The minimum Gasteiger partial charge on any atom is -0.489 e. The van der Waals surface area contributed by atoms with Gasteiger partial charge in [-0.2, -0.15) is 0 Å². The number of carbonyl (C=O) groups excluding carboxylic acids is 2. The molecule has 0 aliphatic rings. The van der Waals surface area contributed by atoms with Gasteiger partial charge in [-0.3, -0.25) is 4.79 Å². The number of ketones is 1. The summed E-state index contributed by atoms with van der Waals surface area (Å²) >= 11 is 0. The molecule has 0 saturated heterocycles. The van der Waals surface area contributed by atoms with Gasteiger partial charge < -0.3 is 14.2 Å². The van der Waals surface area contributed by atoms with Gasteiger partial charge in [-0.1, -0.05) is 30.3 Å². The van der Waals surface area contributed by atoms with Crippen LogP contribution in [0.1, 0.15) is 22.8 Å². The highest BCUT2D eigenvalue weighted by Crippen LogP contribution is 2.19. The first-order valence-electron chi connectivity index (χ1n) is 8.81. The zero-order valence-electron chi connectivity index (χ0n) is 15.5. The Morgan fingerprint density at radius 1 is 0.714 bits per heavy atom. The summed E-state index contributed by atoms with van der Waals surface area (Å²) in [5.41, 5.74) is 1.66. The fourth-order valence-electron chi connectivity index (χ4n) is 2.43. The third-order valence-corrected chi connectivity index (χ3v) is 3.92. The molecular weight excluding hydrogens is 356 g/mol. The molecule has 5 heteroatoms. The molecule has 0 aliphatic carbocycles. The van der Waals surface area contributed by atoms with Gasteiger partial charge in [0.2, 0.25) is 0 Å². The van der Waals surface area contributed by atoms with Crippen molar-refractivity contribution in [2.75, 3.05) is 6.61 Å². The highest BCUT2D eigenvalue weighted by atomic mass is 16.6.